The maximum Gasteiger partial charge on any atom is 0.249 e. The van der Waals surface area contributed by atoms with Crippen molar-refractivity contribution < 1.29 is 9.94 Å². The van der Waals surface area contributed by atoms with Gasteiger partial charge in [-0.3, -0.25) is 4.98 Å². The molecule has 104 valence electrons. The molecular formula is C13H15N5O2. The van der Waals surface area contributed by atoms with E-state index in [0.717, 1.165) is 17.8 Å². The van der Waals surface area contributed by atoms with Gasteiger partial charge in [0.1, 0.15) is 0 Å². The number of rotatable bonds is 4. The van der Waals surface area contributed by atoms with E-state index in [1.54, 1.807) is 0 Å². The standard InChI is InChI=1S/C13H15N5O2/c1-3-9-10(5-4-8(2)17-9)20-13-11(12(14)18-19)15-6-7-16-13/h4-7,19H,3H2,1-2H3,(H2,14,18). The molecule has 2 aromatic rings. The SMILES string of the molecule is CCc1nc(C)ccc1Oc1nccnc1/C(N)=N/O. The number of oxime groups is 1. The van der Waals surface area contributed by atoms with E-state index in [-0.39, 0.29) is 17.4 Å². The van der Waals surface area contributed by atoms with Gasteiger partial charge >= 0.3 is 0 Å². The number of ether oxygens (including phenoxy) is 1. The summed E-state index contributed by atoms with van der Waals surface area (Å²) in [6.07, 6.45) is 3.63. The number of nitrogens with two attached hydrogens (primary N) is 1. The molecule has 7 nitrogen and oxygen atoms in total. The summed E-state index contributed by atoms with van der Waals surface area (Å²) >= 11 is 0. The molecule has 2 aromatic heterocycles. The van der Waals surface area contributed by atoms with Gasteiger partial charge in [0, 0.05) is 18.1 Å². The van der Waals surface area contributed by atoms with E-state index in [2.05, 4.69) is 20.1 Å². The van der Waals surface area contributed by atoms with E-state index in [9.17, 15) is 0 Å². The molecule has 3 N–H and O–H groups in total. The molecule has 0 aromatic carbocycles. The zero-order valence-electron chi connectivity index (χ0n) is 11.2. The fourth-order valence-electron chi connectivity index (χ4n) is 1.67. The van der Waals surface area contributed by atoms with Crippen LogP contribution in [-0.4, -0.2) is 26.0 Å². The van der Waals surface area contributed by atoms with E-state index >= 15 is 0 Å². The second-order valence-corrected chi connectivity index (χ2v) is 4.05. The topological polar surface area (TPSA) is 107 Å². The van der Waals surface area contributed by atoms with Gasteiger partial charge in [0.25, 0.3) is 0 Å². The van der Waals surface area contributed by atoms with Gasteiger partial charge in [0.05, 0.1) is 5.69 Å². The maximum atomic E-state index is 8.74. The Hall–Kier alpha value is -2.70. The predicted octanol–water partition coefficient (Wildman–Crippen LogP) is 1.63. The number of amidine groups is 1. The van der Waals surface area contributed by atoms with Crippen LogP contribution in [0.5, 0.6) is 11.6 Å². The van der Waals surface area contributed by atoms with Crippen LogP contribution in [0, 0.1) is 6.92 Å². The highest BCUT2D eigenvalue weighted by molar-refractivity contribution is 5.97. The van der Waals surface area contributed by atoms with Crippen molar-refractivity contribution in [1.82, 2.24) is 15.0 Å². The minimum Gasteiger partial charge on any atom is -0.435 e. The lowest BCUT2D eigenvalue weighted by atomic mass is 10.2. The zero-order valence-corrected chi connectivity index (χ0v) is 11.2. The molecule has 2 rings (SSSR count). The number of aromatic nitrogens is 3. The van der Waals surface area contributed by atoms with Gasteiger partial charge in [-0.15, -0.1) is 0 Å². The lowest BCUT2D eigenvalue weighted by molar-refractivity contribution is 0.318. The fourth-order valence-corrected chi connectivity index (χ4v) is 1.67. The molecule has 0 radical (unpaired) electrons. The Morgan fingerprint density at radius 1 is 1.35 bits per heavy atom. The third-order valence-electron chi connectivity index (χ3n) is 2.63. The van der Waals surface area contributed by atoms with E-state index in [1.807, 2.05) is 26.0 Å². The van der Waals surface area contributed by atoms with Crippen LogP contribution in [0.4, 0.5) is 0 Å². The van der Waals surface area contributed by atoms with Gasteiger partial charge in [-0.05, 0) is 25.5 Å². The minimum atomic E-state index is -0.161. The van der Waals surface area contributed by atoms with Crippen molar-refractivity contribution in [3.8, 4) is 11.6 Å². The van der Waals surface area contributed by atoms with E-state index in [0.29, 0.717) is 5.75 Å². The van der Waals surface area contributed by atoms with E-state index in [1.165, 1.54) is 12.4 Å². The first-order chi connectivity index (χ1) is 9.65. The zero-order chi connectivity index (χ0) is 14.5. The van der Waals surface area contributed by atoms with Crippen molar-refractivity contribution in [1.29, 1.82) is 0 Å². The highest BCUT2D eigenvalue weighted by Gasteiger charge is 2.14. The minimum absolute atomic E-state index is 0.161. The van der Waals surface area contributed by atoms with Crippen molar-refractivity contribution in [2.75, 3.05) is 0 Å². The first kappa shape index (κ1) is 13.7. The number of pyridine rings is 1. The summed E-state index contributed by atoms with van der Waals surface area (Å²) in [7, 11) is 0. The average Bonchev–Trinajstić information content (AvgIpc) is 2.48. The molecular weight excluding hydrogens is 258 g/mol. The summed E-state index contributed by atoms with van der Waals surface area (Å²) < 4.78 is 5.70. The van der Waals surface area contributed by atoms with Crippen molar-refractivity contribution >= 4 is 5.84 Å². The van der Waals surface area contributed by atoms with Crippen LogP contribution in [0.15, 0.2) is 29.7 Å². The quantitative estimate of drug-likeness (QED) is 0.379. The molecule has 0 bridgehead atoms. The first-order valence-electron chi connectivity index (χ1n) is 6.09. The number of nitrogens with zero attached hydrogens (tertiary/aromatic N) is 4. The Morgan fingerprint density at radius 2 is 2.10 bits per heavy atom. The van der Waals surface area contributed by atoms with Crippen molar-refractivity contribution in [3.05, 3.63) is 41.6 Å². The Balaban J connectivity index is 2.40. The Morgan fingerprint density at radius 3 is 2.80 bits per heavy atom. The van der Waals surface area contributed by atoms with Gasteiger partial charge < -0.3 is 15.7 Å². The van der Waals surface area contributed by atoms with Crippen LogP contribution in [0.2, 0.25) is 0 Å². The number of aryl methyl sites for hydroxylation is 2. The van der Waals surface area contributed by atoms with Crippen LogP contribution in [-0.2, 0) is 6.42 Å². The maximum absolute atomic E-state index is 8.74. The Bertz CT molecular complexity index is 642. The van der Waals surface area contributed by atoms with Crippen molar-refractivity contribution in [2.24, 2.45) is 10.9 Å². The van der Waals surface area contributed by atoms with E-state index in [4.69, 9.17) is 15.7 Å². The monoisotopic (exact) mass is 273 g/mol. The lowest BCUT2D eigenvalue weighted by Crippen LogP contribution is -2.16. The largest absolute Gasteiger partial charge is 0.435 e. The molecule has 0 aliphatic carbocycles. The van der Waals surface area contributed by atoms with E-state index < -0.39 is 0 Å². The average molecular weight is 273 g/mol. The summed E-state index contributed by atoms with van der Waals surface area (Å²) in [5, 5.41) is 11.7. The molecule has 7 heteroatoms. The van der Waals surface area contributed by atoms with Crippen LogP contribution in [0.1, 0.15) is 24.0 Å². The highest BCUT2D eigenvalue weighted by atomic mass is 16.5. The van der Waals surface area contributed by atoms with Crippen molar-refractivity contribution in [2.45, 2.75) is 20.3 Å². The molecule has 2 heterocycles. The molecule has 0 spiro atoms. The highest BCUT2D eigenvalue weighted by Crippen LogP contribution is 2.25. The second kappa shape index (κ2) is 5.96. The lowest BCUT2D eigenvalue weighted by Gasteiger charge is -2.11. The van der Waals surface area contributed by atoms with Gasteiger partial charge in [-0.1, -0.05) is 12.1 Å². The van der Waals surface area contributed by atoms with Crippen LogP contribution < -0.4 is 10.5 Å². The Labute approximate surface area is 116 Å². The molecule has 0 amide bonds. The second-order valence-electron chi connectivity index (χ2n) is 4.05. The Kier molecular flexibility index (Phi) is 4.09. The molecule has 0 saturated carbocycles. The van der Waals surface area contributed by atoms with Crippen LogP contribution in [0.25, 0.3) is 0 Å². The molecule has 0 fully saturated rings. The normalized spacial score (nSPS) is 11.4. The summed E-state index contributed by atoms with van der Waals surface area (Å²) in [5.74, 6) is 0.583. The van der Waals surface area contributed by atoms with Crippen LogP contribution in [0.3, 0.4) is 0 Å². The summed E-state index contributed by atoms with van der Waals surface area (Å²) in [5.41, 5.74) is 7.44. The van der Waals surface area contributed by atoms with Gasteiger partial charge in [-0.25, -0.2) is 9.97 Å². The number of hydrogen-bond donors (Lipinski definition) is 2. The first-order valence-corrected chi connectivity index (χ1v) is 6.09. The molecule has 20 heavy (non-hydrogen) atoms. The molecule has 0 saturated heterocycles. The predicted molar refractivity (Wildman–Crippen MR) is 73.0 cm³/mol. The van der Waals surface area contributed by atoms with Gasteiger partial charge in [0.15, 0.2) is 17.3 Å². The smallest absolute Gasteiger partial charge is 0.249 e. The molecule has 0 aliphatic heterocycles. The van der Waals surface area contributed by atoms with Crippen molar-refractivity contribution in [3.63, 3.8) is 0 Å². The molecule has 0 aliphatic rings. The third kappa shape index (κ3) is 2.82. The fraction of sp³-hybridized carbons (Fsp3) is 0.231. The number of hydrogen-bond acceptors (Lipinski definition) is 6. The summed E-state index contributed by atoms with van der Waals surface area (Å²) in [6, 6.07) is 3.65. The molecule has 0 atom stereocenters. The summed E-state index contributed by atoms with van der Waals surface area (Å²) in [4.78, 5) is 12.4. The summed E-state index contributed by atoms with van der Waals surface area (Å²) in [6.45, 7) is 3.89. The third-order valence-corrected chi connectivity index (χ3v) is 2.63. The molecule has 0 unspecified atom stereocenters. The van der Waals surface area contributed by atoms with Gasteiger partial charge in [0.2, 0.25) is 5.88 Å². The van der Waals surface area contributed by atoms with Crippen LogP contribution >= 0.6 is 0 Å². The van der Waals surface area contributed by atoms with Gasteiger partial charge in [-0.2, -0.15) is 0 Å².